The number of fused-ring (bicyclic) bond motifs is 4. The first-order valence-electron chi connectivity index (χ1n) is 18.4. The topological polar surface area (TPSA) is 129 Å². The molecule has 286 valence electrons. The number of ether oxygens (including phenoxy) is 7. The molecule has 12 nitrogen and oxygen atoms in total. The van der Waals surface area contributed by atoms with Crippen LogP contribution in [0.15, 0.2) is 91.1 Å². The summed E-state index contributed by atoms with van der Waals surface area (Å²) in [5, 5.41) is 3.72. The summed E-state index contributed by atoms with van der Waals surface area (Å²) in [5.74, 6) is -1.55. The highest BCUT2D eigenvalue weighted by atomic mass is 16.9. The van der Waals surface area contributed by atoms with E-state index in [1.807, 2.05) is 113 Å². The number of carbonyl (C=O) groups is 2. The van der Waals surface area contributed by atoms with Gasteiger partial charge < -0.3 is 38.5 Å². The number of pyridine rings is 1. The zero-order valence-electron chi connectivity index (χ0n) is 31.8. The predicted molar refractivity (Wildman–Crippen MR) is 200 cm³/mol. The summed E-state index contributed by atoms with van der Waals surface area (Å²) in [5.41, 5.74) is 2.66. The lowest BCUT2D eigenvalue weighted by Gasteiger charge is -2.36. The van der Waals surface area contributed by atoms with Crippen LogP contribution < -0.4 is 5.32 Å². The zero-order chi connectivity index (χ0) is 38.3. The number of allylic oxidation sites excluding steroid dienone is 1. The van der Waals surface area contributed by atoms with Gasteiger partial charge in [0.15, 0.2) is 17.9 Å². The van der Waals surface area contributed by atoms with Gasteiger partial charge in [-0.1, -0.05) is 66.7 Å². The van der Waals surface area contributed by atoms with Crippen molar-refractivity contribution >= 4 is 23.0 Å². The van der Waals surface area contributed by atoms with Gasteiger partial charge in [-0.05, 0) is 77.8 Å². The second-order valence-electron chi connectivity index (χ2n) is 15.7. The number of benzene rings is 2. The largest absolute Gasteiger partial charge is 0.459 e. The van der Waals surface area contributed by atoms with Crippen molar-refractivity contribution in [2.75, 3.05) is 0 Å². The van der Waals surface area contributed by atoms with Gasteiger partial charge in [-0.25, -0.2) is 14.6 Å². The van der Waals surface area contributed by atoms with Crippen LogP contribution in [-0.4, -0.2) is 75.5 Å². The molecule has 3 fully saturated rings. The Morgan fingerprint density at radius 3 is 2.31 bits per heavy atom. The molecule has 4 aromatic rings. The van der Waals surface area contributed by atoms with Gasteiger partial charge in [-0.2, -0.15) is 0 Å². The van der Waals surface area contributed by atoms with E-state index in [9.17, 15) is 9.59 Å². The third-order valence-corrected chi connectivity index (χ3v) is 9.40. The standard InChI is InChI=1S/C42H49N3O9/c1-40(2,3)54-39(47)44-29(37(46)48-25-26-16-9-8-10-17-26)24-28-27-18-11-12-19-30(27)45(33-22-13-14-23-43-33)31(28)20-15-21-32-34-35(51-41(4,5)50-34)36-38(49-32)53-42(6,7)52-36/h8-19,21-23,29,32,34-36,38H,20,24-25H2,1-7H3,(H,44,47)/b21-15+/t29-,32?,34-,35?,36?,38+/m0/s1. The van der Waals surface area contributed by atoms with Crippen LogP contribution in [0.3, 0.4) is 0 Å². The second-order valence-corrected chi connectivity index (χ2v) is 15.7. The molecule has 2 aromatic carbocycles. The first kappa shape index (κ1) is 37.7. The first-order valence-corrected chi connectivity index (χ1v) is 18.4. The lowest BCUT2D eigenvalue weighted by Crippen LogP contribution is -2.54. The average molecular weight is 740 g/mol. The Hall–Kier alpha value is -4.59. The molecule has 5 heterocycles. The van der Waals surface area contributed by atoms with Crippen LogP contribution in [0.1, 0.15) is 65.3 Å². The van der Waals surface area contributed by atoms with Gasteiger partial charge >= 0.3 is 12.1 Å². The Labute approximate surface area is 315 Å². The number of aromatic nitrogens is 2. The summed E-state index contributed by atoms with van der Waals surface area (Å²) in [6, 6.07) is 22.0. The van der Waals surface area contributed by atoms with Crippen molar-refractivity contribution in [2.45, 2.75) is 122 Å². The molecule has 3 aliphatic heterocycles. The number of hydrogen-bond donors (Lipinski definition) is 1. The van der Waals surface area contributed by atoms with Gasteiger partial charge in [-0.15, -0.1) is 0 Å². The molecule has 1 N–H and O–H groups in total. The quantitative estimate of drug-likeness (QED) is 0.139. The number of para-hydroxylation sites is 1. The number of nitrogens with zero attached hydrogens (tertiary/aromatic N) is 2. The zero-order valence-corrected chi connectivity index (χ0v) is 31.8. The molecule has 54 heavy (non-hydrogen) atoms. The van der Waals surface area contributed by atoms with Crippen molar-refractivity contribution in [3.63, 3.8) is 0 Å². The summed E-state index contributed by atoms with van der Waals surface area (Å²) < 4.78 is 44.9. The maximum atomic E-state index is 13.9. The molecule has 0 bridgehead atoms. The molecule has 12 heteroatoms. The van der Waals surface area contributed by atoms with Crippen LogP contribution in [0.5, 0.6) is 0 Å². The monoisotopic (exact) mass is 739 g/mol. The van der Waals surface area contributed by atoms with Crippen molar-refractivity contribution in [1.82, 2.24) is 14.9 Å². The molecule has 0 radical (unpaired) electrons. The molecule has 0 saturated carbocycles. The van der Waals surface area contributed by atoms with Crippen molar-refractivity contribution in [3.05, 3.63) is 108 Å². The summed E-state index contributed by atoms with van der Waals surface area (Å²) in [6.07, 6.45) is 3.16. The van der Waals surface area contributed by atoms with E-state index < -0.39 is 66.0 Å². The third kappa shape index (κ3) is 8.38. The van der Waals surface area contributed by atoms with Gasteiger partial charge in [0.2, 0.25) is 0 Å². The van der Waals surface area contributed by atoms with Gasteiger partial charge in [0.05, 0.1) is 5.52 Å². The van der Waals surface area contributed by atoms with E-state index >= 15 is 0 Å². The van der Waals surface area contributed by atoms with Crippen molar-refractivity contribution < 1.29 is 42.7 Å². The van der Waals surface area contributed by atoms with Crippen molar-refractivity contribution in [1.29, 1.82) is 0 Å². The summed E-state index contributed by atoms with van der Waals surface area (Å²) >= 11 is 0. The van der Waals surface area contributed by atoms with Crippen LogP contribution in [-0.2, 0) is 57.4 Å². The second kappa shape index (κ2) is 14.9. The maximum absolute atomic E-state index is 13.9. The number of amides is 1. The fourth-order valence-electron chi connectivity index (χ4n) is 7.34. The van der Waals surface area contributed by atoms with Gasteiger partial charge in [-0.3, -0.25) is 4.57 Å². The Morgan fingerprint density at radius 2 is 1.57 bits per heavy atom. The van der Waals surface area contributed by atoms with E-state index in [0.717, 1.165) is 27.7 Å². The molecule has 1 amide bonds. The molecule has 0 aliphatic carbocycles. The number of carbonyl (C=O) groups excluding carboxylic acids is 2. The van der Waals surface area contributed by atoms with Crippen LogP contribution in [0, 0.1) is 0 Å². The minimum atomic E-state index is -1.07. The van der Waals surface area contributed by atoms with E-state index in [0.29, 0.717) is 12.2 Å². The van der Waals surface area contributed by atoms with Crippen LogP contribution in [0.25, 0.3) is 16.7 Å². The molecule has 3 unspecified atom stereocenters. The van der Waals surface area contributed by atoms with Gasteiger partial charge in [0.25, 0.3) is 0 Å². The average Bonchev–Trinajstić information content (AvgIpc) is 3.73. The fourth-order valence-corrected chi connectivity index (χ4v) is 7.34. The van der Waals surface area contributed by atoms with E-state index in [1.165, 1.54) is 0 Å². The number of rotatable bonds is 10. The Balaban J connectivity index is 1.24. The molecular weight excluding hydrogens is 690 g/mol. The normalized spacial score (nSPS) is 24.9. The molecule has 2 aromatic heterocycles. The van der Waals surface area contributed by atoms with E-state index in [1.54, 1.807) is 27.0 Å². The highest BCUT2D eigenvalue weighted by Crippen LogP contribution is 2.44. The summed E-state index contributed by atoms with van der Waals surface area (Å²) in [6.45, 7) is 12.8. The maximum Gasteiger partial charge on any atom is 0.408 e. The van der Waals surface area contributed by atoms with Crippen LogP contribution in [0.2, 0.25) is 0 Å². The molecule has 3 saturated heterocycles. The Bertz CT molecular complexity index is 1990. The molecular formula is C42H49N3O9. The summed E-state index contributed by atoms with van der Waals surface area (Å²) in [4.78, 5) is 31.8. The smallest absolute Gasteiger partial charge is 0.408 e. The van der Waals surface area contributed by atoms with Gasteiger partial charge in [0, 0.05) is 30.1 Å². The van der Waals surface area contributed by atoms with Crippen molar-refractivity contribution in [2.24, 2.45) is 0 Å². The fraction of sp³-hybridized carbons (Fsp3) is 0.452. The number of hydrogen-bond acceptors (Lipinski definition) is 10. The Morgan fingerprint density at radius 1 is 0.889 bits per heavy atom. The molecule has 6 atom stereocenters. The van der Waals surface area contributed by atoms with E-state index in [-0.39, 0.29) is 13.0 Å². The highest BCUT2D eigenvalue weighted by Gasteiger charge is 2.60. The predicted octanol–water partition coefficient (Wildman–Crippen LogP) is 6.70. The van der Waals surface area contributed by atoms with Crippen molar-refractivity contribution in [3.8, 4) is 5.82 Å². The lowest BCUT2D eigenvalue weighted by atomic mass is 9.97. The number of nitrogens with one attached hydrogen (secondary N) is 1. The van der Waals surface area contributed by atoms with E-state index in [4.69, 9.17) is 38.1 Å². The SMILES string of the molecule is CC(C)(C)OC(=O)N[C@@H](Cc1c(C/C=C/C2O[C@@H]3OC(C)(C)OC3C3OC(C)(C)O[C@@H]23)n(-c2ccccn2)c2ccccc12)C(=O)OCc1ccccc1. The molecule has 7 rings (SSSR count). The summed E-state index contributed by atoms with van der Waals surface area (Å²) in [7, 11) is 0. The van der Waals surface area contributed by atoms with Crippen LogP contribution in [0.4, 0.5) is 4.79 Å². The Kier molecular flexibility index (Phi) is 10.4. The lowest BCUT2D eigenvalue weighted by molar-refractivity contribution is -0.222. The van der Waals surface area contributed by atoms with Crippen LogP contribution >= 0.6 is 0 Å². The van der Waals surface area contributed by atoms with Gasteiger partial charge in [0.1, 0.15) is 48.5 Å². The van der Waals surface area contributed by atoms with E-state index in [2.05, 4.69) is 9.88 Å². The number of alkyl carbamates (subject to hydrolysis) is 1. The number of esters is 1. The molecule has 0 spiro atoms. The minimum Gasteiger partial charge on any atom is -0.459 e. The first-order chi connectivity index (χ1) is 25.7. The molecule has 3 aliphatic rings. The third-order valence-electron chi connectivity index (χ3n) is 9.40. The minimum absolute atomic E-state index is 0.0530. The highest BCUT2D eigenvalue weighted by molar-refractivity contribution is 5.89.